The van der Waals surface area contributed by atoms with E-state index in [0.29, 0.717) is 6.42 Å². The van der Waals surface area contributed by atoms with E-state index in [1.165, 1.54) is 0 Å². The summed E-state index contributed by atoms with van der Waals surface area (Å²) in [6, 6.07) is -0.662. The summed E-state index contributed by atoms with van der Waals surface area (Å²) in [6.07, 6.45) is 2.49. The number of nitrogens with two attached hydrogens (primary N) is 1. The number of unbranched alkanes of at least 4 members (excludes halogenated alkanes) is 1. The quantitative estimate of drug-likeness (QED) is 0.606. The van der Waals surface area contributed by atoms with E-state index in [-0.39, 0.29) is 0 Å². The second-order valence-corrected chi connectivity index (χ2v) is 2.61. The van der Waals surface area contributed by atoms with E-state index in [2.05, 4.69) is 0 Å². The van der Waals surface area contributed by atoms with Crippen molar-refractivity contribution in [3.63, 3.8) is 0 Å². The van der Waals surface area contributed by atoms with Crippen LogP contribution < -0.4 is 5.73 Å². The summed E-state index contributed by atoms with van der Waals surface area (Å²) in [5.41, 5.74) is 5.20. The summed E-state index contributed by atoms with van der Waals surface area (Å²) in [6.45, 7) is 3.09. The lowest BCUT2D eigenvalue weighted by molar-refractivity contribution is -0.138. The molecule has 1 unspecified atom stereocenters. The Morgan fingerprint density at radius 1 is 1.38 bits per heavy atom. The van der Waals surface area contributed by atoms with Gasteiger partial charge in [0.05, 0.1) is 0 Å². The molecule has 78 valence electrons. The summed E-state index contributed by atoms with van der Waals surface area (Å²) in [7, 11) is 0. The van der Waals surface area contributed by atoms with Crippen LogP contribution in [0.3, 0.4) is 0 Å². The first kappa shape index (κ1) is 14.4. The first-order valence-electron chi connectivity index (χ1n) is 4.09. The van der Waals surface area contributed by atoms with Crippen LogP contribution in [0.15, 0.2) is 0 Å². The first-order chi connectivity index (χ1) is 5.91. The molecule has 0 radical (unpaired) electrons. The van der Waals surface area contributed by atoms with Crippen molar-refractivity contribution in [3.05, 3.63) is 0 Å². The molecule has 0 aromatic rings. The van der Waals surface area contributed by atoms with Crippen molar-refractivity contribution < 1.29 is 19.8 Å². The van der Waals surface area contributed by atoms with Gasteiger partial charge in [0.2, 0.25) is 0 Å². The van der Waals surface area contributed by atoms with Crippen LogP contribution in [0.1, 0.15) is 33.1 Å². The van der Waals surface area contributed by atoms with Gasteiger partial charge in [0.15, 0.2) is 0 Å². The molecule has 0 heterocycles. The van der Waals surface area contributed by atoms with Gasteiger partial charge in [-0.25, -0.2) is 0 Å². The zero-order valence-electron chi connectivity index (χ0n) is 7.99. The van der Waals surface area contributed by atoms with Gasteiger partial charge in [-0.2, -0.15) is 0 Å². The van der Waals surface area contributed by atoms with Crippen LogP contribution in [-0.4, -0.2) is 28.2 Å². The van der Waals surface area contributed by atoms with Crippen molar-refractivity contribution in [2.24, 2.45) is 5.73 Å². The van der Waals surface area contributed by atoms with E-state index >= 15 is 0 Å². The second kappa shape index (κ2) is 8.99. The minimum atomic E-state index is -0.900. The fraction of sp³-hybridized carbons (Fsp3) is 0.750. The van der Waals surface area contributed by atoms with Gasteiger partial charge < -0.3 is 15.9 Å². The Bertz CT molecular complexity index is 154. The lowest BCUT2D eigenvalue weighted by Gasteiger charge is -2.02. The highest BCUT2D eigenvalue weighted by molar-refractivity contribution is 5.72. The van der Waals surface area contributed by atoms with Gasteiger partial charge in [-0.3, -0.25) is 9.59 Å². The molecule has 0 aromatic carbocycles. The largest absolute Gasteiger partial charge is 0.481 e. The van der Waals surface area contributed by atoms with E-state index in [9.17, 15) is 4.79 Å². The van der Waals surface area contributed by atoms with Crippen molar-refractivity contribution in [2.75, 3.05) is 0 Å². The highest BCUT2D eigenvalue weighted by Gasteiger charge is 2.08. The van der Waals surface area contributed by atoms with Gasteiger partial charge in [0.1, 0.15) is 6.04 Å². The molecule has 4 N–H and O–H groups in total. The highest BCUT2D eigenvalue weighted by Crippen LogP contribution is 1.96. The molecule has 0 fully saturated rings. The van der Waals surface area contributed by atoms with E-state index < -0.39 is 18.0 Å². The van der Waals surface area contributed by atoms with E-state index in [0.717, 1.165) is 19.8 Å². The summed E-state index contributed by atoms with van der Waals surface area (Å²) in [5.74, 6) is -1.73. The van der Waals surface area contributed by atoms with E-state index in [4.69, 9.17) is 20.7 Å². The minimum absolute atomic E-state index is 0.589. The zero-order valence-corrected chi connectivity index (χ0v) is 7.99. The van der Waals surface area contributed by atoms with Crippen LogP contribution in [0.4, 0.5) is 0 Å². The molecule has 0 saturated heterocycles. The van der Waals surface area contributed by atoms with Crippen LogP contribution in [-0.2, 0) is 9.59 Å². The predicted octanol–water partition coefficient (Wildman–Crippen LogP) is 0.679. The molecule has 0 amide bonds. The standard InChI is InChI=1S/C6H13NO2.C2H4O2/c1-2-3-4-5(7)6(8)9;1-2(3)4/h5H,2-4,7H2,1H3,(H,8,9);1H3,(H,3,4). The molecule has 0 bridgehead atoms. The number of carboxylic acid groups (broad SMARTS) is 2. The molecule has 0 saturated carbocycles. The van der Waals surface area contributed by atoms with Gasteiger partial charge in [0.25, 0.3) is 5.97 Å². The summed E-state index contributed by atoms with van der Waals surface area (Å²) < 4.78 is 0. The Labute approximate surface area is 77.6 Å². The second-order valence-electron chi connectivity index (χ2n) is 2.61. The van der Waals surface area contributed by atoms with E-state index in [1.54, 1.807) is 0 Å². The van der Waals surface area contributed by atoms with Crippen LogP contribution in [0.5, 0.6) is 0 Å². The van der Waals surface area contributed by atoms with Gasteiger partial charge in [-0.05, 0) is 6.42 Å². The number of carboxylic acids is 2. The van der Waals surface area contributed by atoms with Gasteiger partial charge >= 0.3 is 5.97 Å². The third-order valence-corrected chi connectivity index (χ3v) is 1.19. The molecule has 5 heteroatoms. The SMILES string of the molecule is CC(=O)O.CCCCC(N)C(=O)O. The maximum absolute atomic E-state index is 10.1. The number of hydrogen-bond donors (Lipinski definition) is 3. The van der Waals surface area contributed by atoms with E-state index in [1.807, 2.05) is 6.92 Å². The van der Waals surface area contributed by atoms with Crippen molar-refractivity contribution in [3.8, 4) is 0 Å². The smallest absolute Gasteiger partial charge is 0.320 e. The fourth-order valence-corrected chi connectivity index (χ4v) is 0.548. The van der Waals surface area contributed by atoms with Crippen molar-refractivity contribution in [1.82, 2.24) is 0 Å². The summed E-state index contributed by atoms with van der Waals surface area (Å²) in [5, 5.41) is 15.7. The molecular weight excluding hydrogens is 174 g/mol. The van der Waals surface area contributed by atoms with Crippen LogP contribution in [0.25, 0.3) is 0 Å². The zero-order chi connectivity index (χ0) is 10.9. The molecule has 13 heavy (non-hydrogen) atoms. The Morgan fingerprint density at radius 2 is 1.77 bits per heavy atom. The van der Waals surface area contributed by atoms with Gasteiger partial charge in [0, 0.05) is 6.92 Å². The number of carbonyl (C=O) groups is 2. The van der Waals surface area contributed by atoms with Crippen molar-refractivity contribution in [2.45, 2.75) is 39.2 Å². The maximum Gasteiger partial charge on any atom is 0.320 e. The number of aliphatic carboxylic acids is 2. The Kier molecular flexibility index (Phi) is 9.98. The fourth-order valence-electron chi connectivity index (χ4n) is 0.548. The predicted molar refractivity (Wildman–Crippen MR) is 48.4 cm³/mol. The normalized spacial score (nSPS) is 11.0. The Morgan fingerprint density at radius 3 is 2.00 bits per heavy atom. The molecule has 0 rings (SSSR count). The average molecular weight is 191 g/mol. The van der Waals surface area contributed by atoms with Crippen LogP contribution in [0, 0.1) is 0 Å². The molecule has 0 aromatic heterocycles. The molecule has 0 aliphatic carbocycles. The summed E-state index contributed by atoms with van der Waals surface area (Å²) >= 11 is 0. The number of rotatable bonds is 4. The monoisotopic (exact) mass is 191 g/mol. The lowest BCUT2D eigenvalue weighted by Crippen LogP contribution is -2.29. The summed E-state index contributed by atoms with van der Waals surface area (Å²) in [4.78, 5) is 19.1. The molecule has 5 nitrogen and oxygen atoms in total. The number of hydrogen-bond acceptors (Lipinski definition) is 3. The topological polar surface area (TPSA) is 101 Å². The van der Waals surface area contributed by atoms with Gasteiger partial charge in [-0.1, -0.05) is 19.8 Å². The lowest BCUT2D eigenvalue weighted by atomic mass is 10.1. The Balaban J connectivity index is 0. The molecule has 0 aliphatic rings. The van der Waals surface area contributed by atoms with Crippen LogP contribution >= 0.6 is 0 Å². The minimum Gasteiger partial charge on any atom is -0.481 e. The molecular formula is C8H17NO4. The van der Waals surface area contributed by atoms with Crippen LogP contribution in [0.2, 0.25) is 0 Å². The molecule has 0 spiro atoms. The molecule has 0 aliphatic heterocycles. The van der Waals surface area contributed by atoms with Crippen molar-refractivity contribution in [1.29, 1.82) is 0 Å². The Hall–Kier alpha value is -1.10. The average Bonchev–Trinajstić information content (AvgIpc) is 1.98. The third kappa shape index (κ3) is 18.1. The molecule has 1 atom stereocenters. The first-order valence-corrected chi connectivity index (χ1v) is 4.09. The third-order valence-electron chi connectivity index (χ3n) is 1.19. The maximum atomic E-state index is 10.1. The van der Waals surface area contributed by atoms with Gasteiger partial charge in [-0.15, -0.1) is 0 Å². The van der Waals surface area contributed by atoms with Crippen molar-refractivity contribution >= 4 is 11.9 Å². The highest BCUT2D eigenvalue weighted by atomic mass is 16.4.